The van der Waals surface area contributed by atoms with Gasteiger partial charge in [0.05, 0.1) is 17.8 Å². The van der Waals surface area contributed by atoms with Gasteiger partial charge < -0.3 is 10.1 Å². The van der Waals surface area contributed by atoms with Crippen LogP contribution in [0.15, 0.2) is 28.9 Å². The fourth-order valence-electron chi connectivity index (χ4n) is 1.69. The van der Waals surface area contributed by atoms with Crippen LogP contribution in [0, 0.1) is 15.9 Å². The number of hydrogen-bond acceptors (Lipinski definition) is 5. The Kier molecular flexibility index (Phi) is 4.29. The van der Waals surface area contributed by atoms with Crippen molar-refractivity contribution in [2.75, 3.05) is 0 Å². The second kappa shape index (κ2) is 5.97. The summed E-state index contributed by atoms with van der Waals surface area (Å²) in [5.41, 5.74) is 2.27. The van der Waals surface area contributed by atoms with Gasteiger partial charge in [0.15, 0.2) is 0 Å². The van der Waals surface area contributed by atoms with E-state index >= 15 is 0 Å². The van der Waals surface area contributed by atoms with E-state index in [1.165, 1.54) is 23.0 Å². The fourth-order valence-corrected chi connectivity index (χ4v) is 2.15. The zero-order valence-electron chi connectivity index (χ0n) is 10.4. The molecule has 3 N–H and O–H groups in total. The number of rotatable bonds is 4. The lowest BCUT2D eigenvalue weighted by molar-refractivity contribution is -0.390. The molecule has 0 saturated heterocycles. The number of nitrogens with zero attached hydrogens (tertiary/aromatic N) is 3. The van der Waals surface area contributed by atoms with E-state index in [9.17, 15) is 19.3 Å². The highest BCUT2D eigenvalue weighted by Crippen LogP contribution is 2.23. The number of hydrogen-bond donors (Lipinski definition) is 2. The molecule has 0 radical (unpaired) electrons. The normalized spacial score (nSPS) is 10.4. The van der Waals surface area contributed by atoms with Crippen LogP contribution < -0.4 is 11.3 Å². The van der Waals surface area contributed by atoms with Crippen molar-refractivity contribution in [1.29, 1.82) is 0 Å². The molecule has 1 aromatic heterocycles. The number of nitrogens with two attached hydrogens (primary N) is 1. The average molecular weight is 358 g/mol. The molecule has 2 aromatic rings. The monoisotopic (exact) mass is 357 g/mol. The number of nitro groups is 1. The Hall–Kier alpha value is -2.33. The Morgan fingerprint density at radius 3 is 2.86 bits per heavy atom. The summed E-state index contributed by atoms with van der Waals surface area (Å²) in [4.78, 5) is 21.4. The predicted molar refractivity (Wildman–Crippen MR) is 73.7 cm³/mol. The van der Waals surface area contributed by atoms with E-state index in [1.54, 1.807) is 0 Å². The van der Waals surface area contributed by atoms with Gasteiger partial charge in [-0.25, -0.2) is 10.2 Å². The number of aromatic nitrogens is 2. The Morgan fingerprint density at radius 1 is 1.57 bits per heavy atom. The van der Waals surface area contributed by atoms with Gasteiger partial charge in [-0.05, 0) is 39.1 Å². The van der Waals surface area contributed by atoms with Gasteiger partial charge in [-0.3, -0.25) is 10.2 Å². The van der Waals surface area contributed by atoms with E-state index in [0.29, 0.717) is 0 Å². The highest BCUT2D eigenvalue weighted by atomic mass is 79.9. The van der Waals surface area contributed by atoms with E-state index in [4.69, 9.17) is 5.84 Å². The largest absolute Gasteiger partial charge is 0.404 e. The molecule has 0 fully saturated rings. The second-order valence-electron chi connectivity index (χ2n) is 4.03. The molecule has 1 heterocycles. The summed E-state index contributed by atoms with van der Waals surface area (Å²) in [5, 5.41) is 14.4. The SMILES string of the molecule is NNC(=O)c1ccc(F)c(Cn2cc(Br)c([N+](=O)[O-])n2)c1. The maximum atomic E-state index is 13.7. The van der Waals surface area contributed by atoms with E-state index in [-0.39, 0.29) is 28.0 Å². The molecule has 21 heavy (non-hydrogen) atoms. The maximum absolute atomic E-state index is 13.7. The third kappa shape index (κ3) is 3.23. The first-order valence-electron chi connectivity index (χ1n) is 5.59. The third-order valence-electron chi connectivity index (χ3n) is 2.64. The van der Waals surface area contributed by atoms with Crippen LogP contribution in [0.4, 0.5) is 10.2 Å². The Morgan fingerprint density at radius 2 is 2.29 bits per heavy atom. The number of hydrazine groups is 1. The maximum Gasteiger partial charge on any atom is 0.404 e. The van der Waals surface area contributed by atoms with Crippen molar-refractivity contribution in [3.8, 4) is 0 Å². The molecule has 0 aliphatic rings. The lowest BCUT2D eigenvalue weighted by Gasteiger charge is -2.04. The molecule has 0 saturated carbocycles. The highest BCUT2D eigenvalue weighted by Gasteiger charge is 2.19. The summed E-state index contributed by atoms with van der Waals surface area (Å²) in [5.74, 6) is 3.52. The van der Waals surface area contributed by atoms with Crippen LogP contribution in [0.25, 0.3) is 0 Å². The van der Waals surface area contributed by atoms with E-state index in [2.05, 4.69) is 21.0 Å². The number of amides is 1. The van der Waals surface area contributed by atoms with E-state index < -0.39 is 16.6 Å². The smallest absolute Gasteiger partial charge is 0.358 e. The molecule has 0 aliphatic heterocycles. The van der Waals surface area contributed by atoms with Gasteiger partial charge >= 0.3 is 5.82 Å². The number of halogens is 2. The molecule has 0 aliphatic carbocycles. The second-order valence-corrected chi connectivity index (χ2v) is 4.89. The summed E-state index contributed by atoms with van der Waals surface area (Å²) in [6, 6.07) is 3.70. The molecule has 8 nitrogen and oxygen atoms in total. The lowest BCUT2D eigenvalue weighted by Crippen LogP contribution is -2.30. The fraction of sp³-hybridized carbons (Fsp3) is 0.0909. The van der Waals surface area contributed by atoms with Gasteiger partial charge in [0.1, 0.15) is 10.3 Å². The minimum atomic E-state index is -0.658. The number of carbonyl (C=O) groups is 1. The summed E-state index contributed by atoms with van der Waals surface area (Å²) in [7, 11) is 0. The molecule has 0 atom stereocenters. The lowest BCUT2D eigenvalue weighted by atomic mass is 10.1. The van der Waals surface area contributed by atoms with Crippen molar-refractivity contribution in [2.45, 2.75) is 6.54 Å². The van der Waals surface area contributed by atoms with Crippen molar-refractivity contribution in [3.63, 3.8) is 0 Å². The first kappa shape index (κ1) is 15.1. The summed E-state index contributed by atoms with van der Waals surface area (Å²) in [6.07, 6.45) is 1.35. The van der Waals surface area contributed by atoms with Crippen LogP contribution in [0.3, 0.4) is 0 Å². The van der Waals surface area contributed by atoms with Crippen LogP contribution in [0.2, 0.25) is 0 Å². The molecule has 1 amide bonds. The van der Waals surface area contributed by atoms with Gasteiger partial charge in [0, 0.05) is 11.1 Å². The molecular formula is C11H9BrFN5O3. The highest BCUT2D eigenvalue weighted by molar-refractivity contribution is 9.10. The van der Waals surface area contributed by atoms with Crippen molar-refractivity contribution in [3.05, 3.63) is 55.9 Å². The zero-order chi connectivity index (χ0) is 15.6. The van der Waals surface area contributed by atoms with Gasteiger partial charge in [0.25, 0.3) is 5.91 Å². The minimum absolute atomic E-state index is 0.0655. The first-order chi connectivity index (χ1) is 9.92. The molecule has 10 heteroatoms. The number of benzene rings is 1. The van der Waals surface area contributed by atoms with Gasteiger partial charge in [-0.1, -0.05) is 0 Å². The molecular weight excluding hydrogens is 349 g/mol. The predicted octanol–water partition coefficient (Wildman–Crippen LogP) is 1.34. The third-order valence-corrected chi connectivity index (χ3v) is 3.20. The van der Waals surface area contributed by atoms with Crippen molar-refractivity contribution in [1.82, 2.24) is 15.2 Å². The summed E-state index contributed by atoms with van der Waals surface area (Å²) in [6.45, 7) is -0.0655. The van der Waals surface area contributed by atoms with Gasteiger partial charge in [-0.15, -0.1) is 0 Å². The average Bonchev–Trinajstić information content (AvgIpc) is 2.81. The molecule has 0 bridgehead atoms. The summed E-state index contributed by atoms with van der Waals surface area (Å²) >= 11 is 3.00. The Bertz CT molecular complexity index is 718. The van der Waals surface area contributed by atoms with E-state index in [0.717, 1.165) is 6.07 Å². The van der Waals surface area contributed by atoms with Crippen LogP contribution in [0.1, 0.15) is 15.9 Å². The molecule has 0 spiro atoms. The summed E-state index contributed by atoms with van der Waals surface area (Å²) < 4.78 is 15.1. The van der Waals surface area contributed by atoms with Crippen LogP contribution >= 0.6 is 15.9 Å². The van der Waals surface area contributed by atoms with Gasteiger partial charge in [-0.2, -0.15) is 4.68 Å². The zero-order valence-corrected chi connectivity index (χ0v) is 12.0. The first-order valence-corrected chi connectivity index (χ1v) is 6.38. The molecule has 110 valence electrons. The molecule has 0 unspecified atom stereocenters. The van der Waals surface area contributed by atoms with E-state index in [1.807, 2.05) is 5.43 Å². The van der Waals surface area contributed by atoms with Crippen LogP contribution in [-0.4, -0.2) is 20.6 Å². The molecule has 2 rings (SSSR count). The minimum Gasteiger partial charge on any atom is -0.358 e. The van der Waals surface area contributed by atoms with Crippen molar-refractivity contribution >= 4 is 27.7 Å². The Labute approximate surface area is 126 Å². The van der Waals surface area contributed by atoms with Crippen molar-refractivity contribution < 1.29 is 14.1 Å². The Balaban J connectivity index is 2.32. The van der Waals surface area contributed by atoms with Crippen LogP contribution in [0.5, 0.6) is 0 Å². The number of nitrogens with one attached hydrogen (secondary N) is 1. The van der Waals surface area contributed by atoms with Crippen LogP contribution in [-0.2, 0) is 6.54 Å². The number of nitrogen functional groups attached to an aromatic ring is 1. The van der Waals surface area contributed by atoms with Crippen molar-refractivity contribution in [2.24, 2.45) is 5.84 Å². The topological polar surface area (TPSA) is 116 Å². The molecule has 1 aromatic carbocycles. The quantitative estimate of drug-likeness (QED) is 0.370. The van der Waals surface area contributed by atoms with Gasteiger partial charge in [0.2, 0.25) is 0 Å². The standard InChI is InChI=1S/C11H9BrFN5O3/c12-8-5-17(16-10(8)18(20)21)4-7-3-6(11(19)15-14)1-2-9(7)13/h1-3,5H,4,14H2,(H,15,19). The number of carbonyl (C=O) groups excluding carboxylic acids is 1.